The Hall–Kier alpha value is -2.08. The number of hydroxylamine groups is 1. The van der Waals surface area contributed by atoms with Gasteiger partial charge < -0.3 is 9.84 Å². The molecule has 6 nitrogen and oxygen atoms in total. The molecule has 0 fully saturated rings. The third-order valence-electron chi connectivity index (χ3n) is 2.23. The third kappa shape index (κ3) is 4.84. The fourth-order valence-corrected chi connectivity index (χ4v) is 1.16. The molecular formula is C12H15NO5. The van der Waals surface area contributed by atoms with Gasteiger partial charge in [-0.15, -0.1) is 0 Å². The molecule has 98 valence electrons. The van der Waals surface area contributed by atoms with E-state index in [1.54, 1.807) is 6.07 Å². The Kier molecular flexibility index (Phi) is 5.13. The number of aryl methyl sites for hydroxylation is 2. The van der Waals surface area contributed by atoms with Gasteiger partial charge in [0.2, 0.25) is 0 Å². The quantitative estimate of drug-likeness (QED) is 0.733. The number of hydrogen-bond acceptors (Lipinski definition) is 4. The monoisotopic (exact) mass is 253 g/mol. The zero-order valence-electron chi connectivity index (χ0n) is 10.2. The van der Waals surface area contributed by atoms with E-state index in [9.17, 15) is 9.59 Å². The molecule has 0 saturated heterocycles. The molecule has 1 aromatic carbocycles. The van der Waals surface area contributed by atoms with Crippen LogP contribution in [0.1, 0.15) is 11.1 Å². The second kappa shape index (κ2) is 6.61. The molecule has 0 heterocycles. The van der Waals surface area contributed by atoms with Crippen molar-refractivity contribution in [3.05, 3.63) is 29.3 Å². The third-order valence-corrected chi connectivity index (χ3v) is 2.23. The molecule has 0 aliphatic carbocycles. The fraction of sp³-hybridized carbons (Fsp3) is 0.333. The van der Waals surface area contributed by atoms with Crippen molar-refractivity contribution in [2.45, 2.75) is 13.8 Å². The number of nitrogens with one attached hydrogen (secondary N) is 1. The van der Waals surface area contributed by atoms with Crippen molar-refractivity contribution >= 4 is 11.9 Å². The molecule has 1 amide bonds. The lowest BCUT2D eigenvalue weighted by Crippen LogP contribution is -2.30. The van der Waals surface area contributed by atoms with Crippen molar-refractivity contribution in [2.75, 3.05) is 13.2 Å². The first kappa shape index (κ1) is 14.0. The van der Waals surface area contributed by atoms with Crippen LogP contribution in [-0.2, 0) is 14.4 Å². The summed E-state index contributed by atoms with van der Waals surface area (Å²) in [6.45, 7) is 3.10. The lowest BCUT2D eigenvalue weighted by Gasteiger charge is -2.08. The predicted molar refractivity (Wildman–Crippen MR) is 63.1 cm³/mol. The fourth-order valence-electron chi connectivity index (χ4n) is 1.16. The van der Waals surface area contributed by atoms with Crippen LogP contribution in [0.15, 0.2) is 18.2 Å². The van der Waals surface area contributed by atoms with Crippen LogP contribution in [0.3, 0.4) is 0 Å². The first-order chi connectivity index (χ1) is 8.49. The van der Waals surface area contributed by atoms with Crippen LogP contribution >= 0.6 is 0 Å². The van der Waals surface area contributed by atoms with Gasteiger partial charge in [-0.1, -0.05) is 6.07 Å². The maximum Gasteiger partial charge on any atom is 0.332 e. The van der Waals surface area contributed by atoms with Gasteiger partial charge in [0.1, 0.15) is 5.75 Å². The number of carboxylic acid groups (broad SMARTS) is 1. The van der Waals surface area contributed by atoms with Gasteiger partial charge in [-0.25, -0.2) is 10.3 Å². The van der Waals surface area contributed by atoms with E-state index < -0.39 is 18.5 Å². The normalized spacial score (nSPS) is 9.89. The van der Waals surface area contributed by atoms with Gasteiger partial charge in [-0.3, -0.25) is 9.63 Å². The summed E-state index contributed by atoms with van der Waals surface area (Å²) < 4.78 is 5.22. The first-order valence-corrected chi connectivity index (χ1v) is 5.31. The minimum Gasteiger partial charge on any atom is -0.484 e. The molecule has 1 rings (SSSR count). The number of benzene rings is 1. The molecule has 0 bridgehead atoms. The average molecular weight is 253 g/mol. The highest BCUT2D eigenvalue weighted by atomic mass is 16.7. The Labute approximate surface area is 104 Å². The molecule has 6 heteroatoms. The minimum absolute atomic E-state index is 0.234. The number of amides is 1. The van der Waals surface area contributed by atoms with Crippen LogP contribution in [-0.4, -0.2) is 30.2 Å². The van der Waals surface area contributed by atoms with Crippen LogP contribution in [0, 0.1) is 13.8 Å². The molecule has 0 atom stereocenters. The largest absolute Gasteiger partial charge is 0.484 e. The van der Waals surface area contributed by atoms with Gasteiger partial charge in [0.05, 0.1) is 0 Å². The molecule has 0 aliphatic rings. The average Bonchev–Trinajstić information content (AvgIpc) is 2.30. The van der Waals surface area contributed by atoms with Gasteiger partial charge in [0, 0.05) is 0 Å². The molecule has 0 unspecified atom stereocenters. The lowest BCUT2D eigenvalue weighted by molar-refractivity contribution is -0.149. The molecule has 0 saturated carbocycles. The summed E-state index contributed by atoms with van der Waals surface area (Å²) in [6, 6.07) is 5.47. The van der Waals surface area contributed by atoms with Crippen LogP contribution in [0.5, 0.6) is 5.75 Å². The molecule has 18 heavy (non-hydrogen) atoms. The van der Waals surface area contributed by atoms with Crippen LogP contribution in [0.2, 0.25) is 0 Å². The maximum absolute atomic E-state index is 11.2. The molecular weight excluding hydrogens is 238 g/mol. The summed E-state index contributed by atoms with van der Waals surface area (Å²) in [5, 5.41) is 8.28. The van der Waals surface area contributed by atoms with Crippen molar-refractivity contribution in [1.29, 1.82) is 0 Å². The molecule has 0 spiro atoms. The Balaban J connectivity index is 2.33. The number of carboxylic acids is 1. The Morgan fingerprint density at radius 3 is 2.56 bits per heavy atom. The highest BCUT2D eigenvalue weighted by Crippen LogP contribution is 2.16. The molecule has 0 aromatic heterocycles. The number of aliphatic carboxylic acids is 1. The second-order valence-corrected chi connectivity index (χ2v) is 3.74. The maximum atomic E-state index is 11.2. The summed E-state index contributed by atoms with van der Waals surface area (Å²) >= 11 is 0. The Bertz CT molecular complexity index is 444. The zero-order chi connectivity index (χ0) is 13.5. The lowest BCUT2D eigenvalue weighted by atomic mass is 10.1. The summed E-state index contributed by atoms with van der Waals surface area (Å²) in [7, 11) is 0. The van der Waals surface area contributed by atoms with Crippen LogP contribution < -0.4 is 10.2 Å². The van der Waals surface area contributed by atoms with Gasteiger partial charge in [-0.05, 0) is 37.1 Å². The van der Waals surface area contributed by atoms with E-state index in [-0.39, 0.29) is 6.61 Å². The van der Waals surface area contributed by atoms with E-state index in [0.717, 1.165) is 11.1 Å². The molecule has 2 N–H and O–H groups in total. The Morgan fingerprint density at radius 2 is 1.94 bits per heavy atom. The number of ether oxygens (including phenoxy) is 1. The topological polar surface area (TPSA) is 84.9 Å². The van der Waals surface area contributed by atoms with Crippen LogP contribution in [0.4, 0.5) is 0 Å². The van der Waals surface area contributed by atoms with Gasteiger partial charge in [0.25, 0.3) is 5.91 Å². The number of carbonyl (C=O) groups is 2. The van der Waals surface area contributed by atoms with Crippen molar-refractivity contribution in [3.8, 4) is 5.75 Å². The SMILES string of the molecule is Cc1ccc(OCC(=O)NOCC(=O)O)cc1C. The van der Waals surface area contributed by atoms with E-state index in [1.165, 1.54) is 0 Å². The summed E-state index contributed by atoms with van der Waals surface area (Å²) in [6.07, 6.45) is 0. The van der Waals surface area contributed by atoms with Gasteiger partial charge >= 0.3 is 5.97 Å². The summed E-state index contributed by atoms with van der Waals surface area (Å²) in [5.74, 6) is -1.13. The smallest absolute Gasteiger partial charge is 0.332 e. The molecule has 0 aliphatic heterocycles. The Morgan fingerprint density at radius 1 is 1.22 bits per heavy atom. The molecule has 1 aromatic rings. The highest BCUT2D eigenvalue weighted by Gasteiger charge is 2.05. The van der Waals surface area contributed by atoms with E-state index in [0.29, 0.717) is 5.75 Å². The number of hydrogen-bond donors (Lipinski definition) is 2. The van der Waals surface area contributed by atoms with E-state index in [1.807, 2.05) is 31.5 Å². The van der Waals surface area contributed by atoms with Gasteiger partial charge in [-0.2, -0.15) is 0 Å². The van der Waals surface area contributed by atoms with E-state index >= 15 is 0 Å². The van der Waals surface area contributed by atoms with Crippen molar-refractivity contribution < 1.29 is 24.3 Å². The number of rotatable bonds is 6. The van der Waals surface area contributed by atoms with Gasteiger partial charge in [0.15, 0.2) is 13.2 Å². The molecule has 0 radical (unpaired) electrons. The first-order valence-electron chi connectivity index (χ1n) is 5.31. The highest BCUT2D eigenvalue weighted by molar-refractivity contribution is 5.76. The zero-order valence-corrected chi connectivity index (χ0v) is 10.2. The predicted octanol–water partition coefficient (Wildman–Crippen LogP) is 0.815. The standard InChI is InChI=1S/C12H15NO5/c1-8-3-4-10(5-9(8)2)17-6-11(14)13-18-7-12(15)16/h3-5H,6-7H2,1-2H3,(H,13,14)(H,15,16). The van der Waals surface area contributed by atoms with E-state index in [2.05, 4.69) is 4.84 Å². The van der Waals surface area contributed by atoms with E-state index in [4.69, 9.17) is 9.84 Å². The summed E-state index contributed by atoms with van der Waals surface area (Å²) in [4.78, 5) is 25.7. The number of carbonyl (C=O) groups excluding carboxylic acids is 1. The van der Waals surface area contributed by atoms with Crippen LogP contribution in [0.25, 0.3) is 0 Å². The van der Waals surface area contributed by atoms with Crippen molar-refractivity contribution in [1.82, 2.24) is 5.48 Å². The van der Waals surface area contributed by atoms with Crippen molar-refractivity contribution in [2.24, 2.45) is 0 Å². The second-order valence-electron chi connectivity index (χ2n) is 3.74. The minimum atomic E-state index is -1.16. The van der Waals surface area contributed by atoms with Crippen molar-refractivity contribution in [3.63, 3.8) is 0 Å². The summed E-state index contributed by atoms with van der Waals surface area (Å²) in [5.41, 5.74) is 4.17.